The zero-order chi connectivity index (χ0) is 19.4. The largest absolute Gasteiger partial charge is 0.493 e. The Balaban J connectivity index is 1.74. The molecule has 0 aliphatic heterocycles. The molecule has 0 aliphatic rings. The van der Waals surface area contributed by atoms with E-state index < -0.39 is 11.6 Å². The molecular weight excluding hydrogens is 352 g/mol. The molecular formula is C19H18N2O6. The van der Waals surface area contributed by atoms with Gasteiger partial charge >= 0.3 is 11.6 Å². The lowest BCUT2D eigenvalue weighted by atomic mass is 10.1. The lowest BCUT2D eigenvalue weighted by Crippen LogP contribution is -2.12. The summed E-state index contributed by atoms with van der Waals surface area (Å²) in [4.78, 5) is 27.8. The molecule has 1 aromatic carbocycles. The van der Waals surface area contributed by atoms with Crippen molar-refractivity contribution >= 4 is 5.97 Å². The third-order valence-corrected chi connectivity index (χ3v) is 3.76. The SMILES string of the molecule is CCOc1ccccc1-c1noc(COC(=O)c2c(C)cc(=O)oc2C)n1. The van der Waals surface area contributed by atoms with Gasteiger partial charge in [-0.05, 0) is 38.5 Å². The quantitative estimate of drug-likeness (QED) is 0.610. The van der Waals surface area contributed by atoms with Crippen molar-refractivity contribution in [1.29, 1.82) is 0 Å². The van der Waals surface area contributed by atoms with Crippen molar-refractivity contribution in [3.05, 3.63) is 63.5 Å². The second kappa shape index (κ2) is 7.86. The summed E-state index contributed by atoms with van der Waals surface area (Å²) in [6, 6.07) is 8.54. The van der Waals surface area contributed by atoms with Gasteiger partial charge in [0, 0.05) is 6.07 Å². The van der Waals surface area contributed by atoms with Gasteiger partial charge in [0.05, 0.1) is 12.2 Å². The maximum Gasteiger partial charge on any atom is 0.342 e. The molecule has 0 saturated carbocycles. The van der Waals surface area contributed by atoms with Gasteiger partial charge < -0.3 is 18.4 Å². The number of esters is 1. The summed E-state index contributed by atoms with van der Waals surface area (Å²) in [6.07, 6.45) is 0. The van der Waals surface area contributed by atoms with E-state index in [1.54, 1.807) is 6.92 Å². The number of carbonyl (C=O) groups is 1. The van der Waals surface area contributed by atoms with Crippen LogP contribution in [0.4, 0.5) is 0 Å². The molecule has 8 nitrogen and oxygen atoms in total. The Bertz CT molecular complexity index is 995. The molecule has 27 heavy (non-hydrogen) atoms. The van der Waals surface area contributed by atoms with E-state index in [1.807, 2.05) is 31.2 Å². The Morgan fingerprint density at radius 3 is 2.74 bits per heavy atom. The Morgan fingerprint density at radius 2 is 2.00 bits per heavy atom. The van der Waals surface area contributed by atoms with E-state index in [2.05, 4.69) is 10.1 Å². The molecule has 0 N–H and O–H groups in total. The van der Waals surface area contributed by atoms with E-state index in [1.165, 1.54) is 13.0 Å². The van der Waals surface area contributed by atoms with Crippen LogP contribution >= 0.6 is 0 Å². The van der Waals surface area contributed by atoms with Crippen LogP contribution in [0.25, 0.3) is 11.4 Å². The molecule has 0 saturated heterocycles. The van der Waals surface area contributed by atoms with Gasteiger partial charge in [-0.3, -0.25) is 0 Å². The van der Waals surface area contributed by atoms with Crippen molar-refractivity contribution in [2.45, 2.75) is 27.4 Å². The van der Waals surface area contributed by atoms with Crippen LogP contribution in [-0.2, 0) is 11.3 Å². The maximum absolute atomic E-state index is 12.3. The van der Waals surface area contributed by atoms with Crippen LogP contribution in [0.15, 0.2) is 44.1 Å². The van der Waals surface area contributed by atoms with Gasteiger partial charge in [0.1, 0.15) is 17.1 Å². The van der Waals surface area contributed by atoms with Gasteiger partial charge in [-0.15, -0.1) is 0 Å². The number of para-hydroxylation sites is 1. The summed E-state index contributed by atoms with van der Waals surface area (Å²) < 4.78 is 20.9. The van der Waals surface area contributed by atoms with Crippen LogP contribution in [0.3, 0.4) is 0 Å². The Hall–Kier alpha value is -3.42. The molecule has 3 rings (SSSR count). The summed E-state index contributed by atoms with van der Waals surface area (Å²) in [5.74, 6) is 0.667. The van der Waals surface area contributed by atoms with Crippen molar-refractivity contribution < 1.29 is 23.2 Å². The van der Waals surface area contributed by atoms with Crippen LogP contribution in [0, 0.1) is 13.8 Å². The molecule has 0 atom stereocenters. The van der Waals surface area contributed by atoms with E-state index in [9.17, 15) is 9.59 Å². The standard InChI is InChI=1S/C19H18N2O6/c1-4-24-14-8-6-5-7-13(14)18-20-15(27-21-18)10-25-19(23)17-11(2)9-16(22)26-12(17)3/h5-9H,4,10H2,1-3H3. The first-order valence-electron chi connectivity index (χ1n) is 8.32. The minimum atomic E-state index is -0.636. The van der Waals surface area contributed by atoms with Crippen molar-refractivity contribution in [3.63, 3.8) is 0 Å². The fourth-order valence-electron chi connectivity index (χ4n) is 2.62. The second-order valence-electron chi connectivity index (χ2n) is 5.70. The fourth-order valence-corrected chi connectivity index (χ4v) is 2.62. The van der Waals surface area contributed by atoms with Crippen LogP contribution in [0.5, 0.6) is 5.75 Å². The minimum Gasteiger partial charge on any atom is -0.493 e. The van der Waals surface area contributed by atoms with Crippen molar-refractivity contribution in [3.8, 4) is 17.1 Å². The van der Waals surface area contributed by atoms with Gasteiger partial charge in [-0.2, -0.15) is 4.98 Å². The number of nitrogens with zero attached hydrogens (tertiary/aromatic N) is 2. The predicted molar refractivity (Wildman–Crippen MR) is 94.5 cm³/mol. The molecule has 0 amide bonds. The number of carbonyl (C=O) groups excluding carboxylic acids is 1. The van der Waals surface area contributed by atoms with Crippen LogP contribution in [0.2, 0.25) is 0 Å². The third kappa shape index (κ3) is 4.05. The number of hydrogen-bond donors (Lipinski definition) is 0. The molecule has 3 aromatic rings. The number of hydrogen-bond acceptors (Lipinski definition) is 8. The third-order valence-electron chi connectivity index (χ3n) is 3.76. The van der Waals surface area contributed by atoms with Crippen LogP contribution in [-0.4, -0.2) is 22.7 Å². The first-order chi connectivity index (χ1) is 13.0. The molecule has 0 bridgehead atoms. The minimum absolute atomic E-state index is 0.136. The van der Waals surface area contributed by atoms with Crippen LogP contribution < -0.4 is 10.4 Å². The highest BCUT2D eigenvalue weighted by Crippen LogP contribution is 2.27. The van der Waals surface area contributed by atoms with Gasteiger partial charge in [-0.1, -0.05) is 17.3 Å². The second-order valence-corrected chi connectivity index (χ2v) is 5.70. The summed E-state index contributed by atoms with van der Waals surface area (Å²) in [7, 11) is 0. The van der Waals surface area contributed by atoms with E-state index in [0.29, 0.717) is 29.3 Å². The molecule has 0 spiro atoms. The van der Waals surface area contributed by atoms with Gasteiger partial charge in [0.15, 0.2) is 6.61 Å². The molecule has 0 fully saturated rings. The van der Waals surface area contributed by atoms with E-state index in [-0.39, 0.29) is 23.8 Å². The predicted octanol–water partition coefficient (Wildman–Crippen LogP) is 3.06. The summed E-state index contributed by atoms with van der Waals surface area (Å²) in [5, 5.41) is 3.91. The first kappa shape index (κ1) is 18.4. The zero-order valence-electron chi connectivity index (χ0n) is 15.1. The van der Waals surface area contributed by atoms with E-state index >= 15 is 0 Å². The average molecular weight is 370 g/mol. The highest BCUT2D eigenvalue weighted by atomic mass is 16.6. The van der Waals surface area contributed by atoms with Gasteiger partial charge in [-0.25, -0.2) is 9.59 Å². The van der Waals surface area contributed by atoms with E-state index in [0.717, 1.165) is 0 Å². The smallest absolute Gasteiger partial charge is 0.342 e. The topological polar surface area (TPSA) is 105 Å². The summed E-state index contributed by atoms with van der Waals surface area (Å²) in [6.45, 7) is 5.34. The highest BCUT2D eigenvalue weighted by molar-refractivity contribution is 5.91. The molecule has 0 aliphatic carbocycles. The molecule has 2 aromatic heterocycles. The zero-order valence-corrected chi connectivity index (χ0v) is 15.1. The van der Waals surface area contributed by atoms with Gasteiger partial charge in [0.2, 0.25) is 5.82 Å². The normalized spacial score (nSPS) is 10.6. The Kier molecular flexibility index (Phi) is 5.35. The lowest BCUT2D eigenvalue weighted by molar-refractivity contribution is 0.0424. The van der Waals surface area contributed by atoms with Crippen molar-refractivity contribution in [1.82, 2.24) is 10.1 Å². The number of rotatable bonds is 6. The van der Waals surface area contributed by atoms with Gasteiger partial charge in [0.25, 0.3) is 5.89 Å². The molecule has 0 radical (unpaired) electrons. The molecule has 140 valence electrons. The molecule has 8 heteroatoms. The highest BCUT2D eigenvalue weighted by Gasteiger charge is 2.19. The Morgan fingerprint density at radius 1 is 1.22 bits per heavy atom. The fraction of sp³-hybridized carbons (Fsp3) is 0.263. The average Bonchev–Trinajstić information content (AvgIpc) is 3.08. The number of aromatic nitrogens is 2. The first-order valence-corrected chi connectivity index (χ1v) is 8.32. The summed E-state index contributed by atoms with van der Waals surface area (Å²) in [5.41, 5.74) is 0.842. The molecule has 0 unspecified atom stereocenters. The monoisotopic (exact) mass is 370 g/mol. The lowest BCUT2D eigenvalue weighted by Gasteiger charge is -2.07. The van der Waals surface area contributed by atoms with Crippen molar-refractivity contribution in [2.75, 3.05) is 6.61 Å². The van der Waals surface area contributed by atoms with E-state index in [4.69, 9.17) is 18.4 Å². The Labute approximate surface area is 154 Å². The molecule has 2 heterocycles. The number of aryl methyl sites for hydroxylation is 2. The van der Waals surface area contributed by atoms with Crippen molar-refractivity contribution in [2.24, 2.45) is 0 Å². The summed E-state index contributed by atoms with van der Waals surface area (Å²) >= 11 is 0. The maximum atomic E-state index is 12.3. The number of benzene rings is 1. The number of ether oxygens (including phenoxy) is 2. The van der Waals surface area contributed by atoms with Crippen LogP contribution in [0.1, 0.15) is 34.5 Å².